The molecule has 38 heavy (non-hydrogen) atoms. The number of rotatable bonds is 6. The maximum Gasteiger partial charge on any atom is 0.335 e. The van der Waals surface area contributed by atoms with Crippen molar-refractivity contribution in [3.8, 4) is 11.4 Å². The van der Waals surface area contributed by atoms with Gasteiger partial charge in [0.15, 0.2) is 11.6 Å². The molecule has 4 aromatic rings. The zero-order valence-electron chi connectivity index (χ0n) is 20.1. The number of anilines is 1. The lowest BCUT2D eigenvalue weighted by atomic mass is 9.83. The van der Waals surface area contributed by atoms with E-state index in [2.05, 4.69) is 10.3 Å². The van der Waals surface area contributed by atoms with Gasteiger partial charge in [0.2, 0.25) is 5.91 Å². The number of amides is 1. The summed E-state index contributed by atoms with van der Waals surface area (Å²) >= 11 is 6.06. The second kappa shape index (κ2) is 10.5. The number of benzene rings is 3. The van der Waals surface area contributed by atoms with Gasteiger partial charge in [0, 0.05) is 10.6 Å². The van der Waals surface area contributed by atoms with Crippen LogP contribution in [0.25, 0.3) is 22.4 Å². The summed E-state index contributed by atoms with van der Waals surface area (Å²) in [4.78, 5) is 29.5. The third-order valence-electron chi connectivity index (χ3n) is 6.97. The number of carbonyl (C=O) groups excluding carboxylic acids is 1. The van der Waals surface area contributed by atoms with E-state index < -0.39 is 35.4 Å². The van der Waals surface area contributed by atoms with Gasteiger partial charge in [-0.05, 0) is 73.4 Å². The smallest absolute Gasteiger partial charge is 0.335 e. The summed E-state index contributed by atoms with van der Waals surface area (Å²) in [5.74, 6) is -4.91. The standard InChI is InChI=1S/C28H23ClF3N3O3/c29-18-9-6-16(7-10-18)26-34-24-22(13-11-19(30)23(24)32)35(26)25(15-4-2-1-3-5-15)27(36)33-21-12-8-17(28(37)38)14-20(21)31/h6-15,25H,1-5H2,(H,33,36)(H,37,38). The van der Waals surface area contributed by atoms with Crippen molar-refractivity contribution in [2.24, 2.45) is 5.92 Å². The molecule has 0 spiro atoms. The Hall–Kier alpha value is -3.85. The van der Waals surface area contributed by atoms with Gasteiger partial charge in [-0.2, -0.15) is 0 Å². The fourth-order valence-electron chi connectivity index (χ4n) is 5.14. The SMILES string of the molecule is O=C(O)c1ccc(NC(=O)C(C2CCCCC2)n2c(-c3ccc(Cl)cc3)nc3c(F)c(F)ccc32)c(F)c1. The van der Waals surface area contributed by atoms with Gasteiger partial charge >= 0.3 is 5.97 Å². The molecule has 0 saturated heterocycles. The Bertz CT molecular complexity index is 1530. The van der Waals surface area contributed by atoms with Gasteiger partial charge in [-0.25, -0.2) is 22.9 Å². The number of hydrogen-bond donors (Lipinski definition) is 2. The number of imidazole rings is 1. The molecule has 1 aromatic heterocycles. The van der Waals surface area contributed by atoms with Gasteiger partial charge < -0.3 is 15.0 Å². The summed E-state index contributed by atoms with van der Waals surface area (Å²) in [5, 5.41) is 12.2. The van der Waals surface area contributed by atoms with Crippen LogP contribution >= 0.6 is 11.6 Å². The third kappa shape index (κ3) is 4.86. The van der Waals surface area contributed by atoms with Crippen molar-refractivity contribution in [1.82, 2.24) is 9.55 Å². The fourth-order valence-corrected chi connectivity index (χ4v) is 5.26. The number of aromatic nitrogens is 2. The second-order valence-corrected chi connectivity index (χ2v) is 9.81. The lowest BCUT2D eigenvalue weighted by molar-refractivity contribution is -0.121. The minimum absolute atomic E-state index is 0.185. The molecule has 1 atom stereocenters. The quantitative estimate of drug-likeness (QED) is 0.270. The Morgan fingerprint density at radius 2 is 1.68 bits per heavy atom. The highest BCUT2D eigenvalue weighted by molar-refractivity contribution is 6.30. The van der Waals surface area contributed by atoms with E-state index in [-0.39, 0.29) is 34.0 Å². The highest BCUT2D eigenvalue weighted by atomic mass is 35.5. The molecule has 1 heterocycles. The number of aromatic carboxylic acids is 1. The van der Waals surface area contributed by atoms with Crippen LogP contribution in [0, 0.1) is 23.4 Å². The van der Waals surface area contributed by atoms with Crippen molar-refractivity contribution in [2.45, 2.75) is 38.1 Å². The molecule has 1 aliphatic rings. The molecule has 196 valence electrons. The van der Waals surface area contributed by atoms with Crippen molar-refractivity contribution in [3.05, 3.63) is 82.6 Å². The lowest BCUT2D eigenvalue weighted by Crippen LogP contribution is -2.34. The first-order chi connectivity index (χ1) is 18.2. The average molecular weight is 542 g/mol. The lowest BCUT2D eigenvalue weighted by Gasteiger charge is -2.32. The van der Waals surface area contributed by atoms with Crippen molar-refractivity contribution in [1.29, 1.82) is 0 Å². The highest BCUT2D eigenvalue weighted by Gasteiger charge is 2.35. The number of hydrogen-bond acceptors (Lipinski definition) is 3. The Balaban J connectivity index is 1.67. The van der Waals surface area contributed by atoms with E-state index in [1.807, 2.05) is 0 Å². The first kappa shape index (κ1) is 25.8. The first-order valence-electron chi connectivity index (χ1n) is 12.2. The van der Waals surface area contributed by atoms with Crippen LogP contribution in [0.15, 0.2) is 54.6 Å². The zero-order chi connectivity index (χ0) is 27.0. The average Bonchev–Trinajstić information content (AvgIpc) is 3.28. The van der Waals surface area contributed by atoms with Crippen molar-refractivity contribution < 1.29 is 27.9 Å². The molecule has 1 fully saturated rings. The maximum atomic E-state index is 14.9. The summed E-state index contributed by atoms with van der Waals surface area (Å²) in [6, 6.07) is 11.3. The molecule has 0 bridgehead atoms. The normalized spacial score (nSPS) is 14.9. The van der Waals surface area contributed by atoms with Gasteiger partial charge in [0.1, 0.15) is 23.2 Å². The van der Waals surface area contributed by atoms with Crippen LogP contribution in [0.3, 0.4) is 0 Å². The van der Waals surface area contributed by atoms with Crippen LogP contribution in [0.5, 0.6) is 0 Å². The summed E-state index contributed by atoms with van der Waals surface area (Å²) in [7, 11) is 0. The Labute approximate surface area is 221 Å². The first-order valence-corrected chi connectivity index (χ1v) is 12.6. The number of nitrogens with one attached hydrogen (secondary N) is 1. The van der Waals surface area contributed by atoms with Crippen LogP contribution in [0.4, 0.5) is 18.9 Å². The van der Waals surface area contributed by atoms with Gasteiger partial charge in [-0.15, -0.1) is 0 Å². The molecule has 0 radical (unpaired) electrons. The molecule has 1 unspecified atom stereocenters. The van der Waals surface area contributed by atoms with Gasteiger partial charge in [-0.3, -0.25) is 4.79 Å². The summed E-state index contributed by atoms with van der Waals surface area (Å²) in [6.45, 7) is 0. The van der Waals surface area contributed by atoms with Crippen LogP contribution in [0.2, 0.25) is 5.02 Å². The topological polar surface area (TPSA) is 84.2 Å². The molecule has 6 nitrogen and oxygen atoms in total. The number of fused-ring (bicyclic) bond motifs is 1. The highest BCUT2D eigenvalue weighted by Crippen LogP contribution is 2.39. The van der Waals surface area contributed by atoms with Crippen LogP contribution in [-0.4, -0.2) is 26.5 Å². The summed E-state index contributed by atoms with van der Waals surface area (Å²) < 4.78 is 45.4. The van der Waals surface area contributed by atoms with E-state index in [0.29, 0.717) is 23.4 Å². The second-order valence-electron chi connectivity index (χ2n) is 9.37. The molecule has 0 aliphatic heterocycles. The van der Waals surface area contributed by atoms with Crippen molar-refractivity contribution >= 4 is 40.2 Å². The molecular formula is C28H23ClF3N3O3. The minimum Gasteiger partial charge on any atom is -0.478 e. The Morgan fingerprint density at radius 1 is 0.974 bits per heavy atom. The molecular weight excluding hydrogens is 519 g/mol. The molecule has 2 N–H and O–H groups in total. The monoisotopic (exact) mass is 541 g/mol. The number of carboxylic acids is 1. The third-order valence-corrected chi connectivity index (χ3v) is 7.22. The van der Waals surface area contributed by atoms with E-state index >= 15 is 0 Å². The van der Waals surface area contributed by atoms with E-state index in [0.717, 1.165) is 31.4 Å². The predicted octanol–water partition coefficient (Wildman–Crippen LogP) is 7.23. The van der Waals surface area contributed by atoms with E-state index in [1.165, 1.54) is 18.2 Å². The Kier molecular flexibility index (Phi) is 7.12. The molecule has 5 rings (SSSR count). The predicted molar refractivity (Wildman–Crippen MR) is 138 cm³/mol. The van der Waals surface area contributed by atoms with Crippen molar-refractivity contribution in [3.63, 3.8) is 0 Å². The molecule has 1 aliphatic carbocycles. The molecule has 1 amide bonds. The van der Waals surface area contributed by atoms with Crippen molar-refractivity contribution in [2.75, 3.05) is 5.32 Å². The fraction of sp³-hybridized carbons (Fsp3) is 0.250. The summed E-state index contributed by atoms with van der Waals surface area (Å²) in [6.07, 6.45) is 4.15. The van der Waals surface area contributed by atoms with Gasteiger partial charge in [0.05, 0.1) is 16.8 Å². The number of carbonyl (C=O) groups is 2. The molecule has 1 saturated carbocycles. The number of halogens is 4. The summed E-state index contributed by atoms with van der Waals surface area (Å²) in [5.41, 5.74) is 0.0980. The minimum atomic E-state index is -1.30. The number of nitrogens with zero attached hydrogens (tertiary/aromatic N) is 2. The Morgan fingerprint density at radius 3 is 2.34 bits per heavy atom. The largest absolute Gasteiger partial charge is 0.478 e. The van der Waals surface area contributed by atoms with E-state index in [4.69, 9.17) is 16.7 Å². The van der Waals surface area contributed by atoms with Crippen LogP contribution < -0.4 is 5.32 Å². The number of carboxylic acid groups (broad SMARTS) is 1. The van der Waals surface area contributed by atoms with Crippen LogP contribution in [-0.2, 0) is 4.79 Å². The van der Waals surface area contributed by atoms with E-state index in [9.17, 15) is 22.8 Å². The van der Waals surface area contributed by atoms with Gasteiger partial charge in [0.25, 0.3) is 0 Å². The zero-order valence-corrected chi connectivity index (χ0v) is 20.8. The van der Waals surface area contributed by atoms with Crippen LogP contribution in [0.1, 0.15) is 48.5 Å². The maximum absolute atomic E-state index is 14.9. The molecule has 10 heteroatoms. The van der Waals surface area contributed by atoms with E-state index in [1.54, 1.807) is 28.8 Å². The van der Waals surface area contributed by atoms with Gasteiger partial charge in [-0.1, -0.05) is 30.9 Å². The molecule has 3 aromatic carbocycles.